The minimum Gasteiger partial charge on any atom is -0.382 e. The minimum atomic E-state index is 0.844. The lowest BCUT2D eigenvalue weighted by molar-refractivity contribution is 0.162. The number of halogens is 3. The minimum absolute atomic E-state index is 0.844. The Morgan fingerprint density at radius 1 is 0.800 bits per heavy atom. The summed E-state index contributed by atoms with van der Waals surface area (Å²) in [4.78, 5) is 0. The first kappa shape index (κ1) is 17.9. The van der Waals surface area contributed by atoms with Crippen LogP contribution in [0.3, 0.4) is 0 Å². The first-order valence-corrected chi connectivity index (χ1v) is 8.75. The molecule has 0 bridgehead atoms. The Balaban J connectivity index is 0.000000347. The first-order valence-electron chi connectivity index (χ1n) is 6.37. The third kappa shape index (κ3) is 6.08. The van der Waals surface area contributed by atoms with Crippen molar-refractivity contribution in [1.82, 2.24) is 0 Å². The number of ether oxygens (including phenoxy) is 1. The number of hydrogen-bond acceptors (Lipinski definition) is 1. The van der Waals surface area contributed by atoms with Crippen molar-refractivity contribution in [1.29, 1.82) is 0 Å². The Morgan fingerprint density at radius 3 is 1.80 bits per heavy atom. The van der Waals surface area contributed by atoms with Gasteiger partial charge in [-0.25, -0.2) is 0 Å². The average Bonchev–Trinajstić information content (AvgIpc) is 2.42. The zero-order valence-electron chi connectivity index (χ0n) is 11.5. The predicted octanol–water partition coefficient (Wildman–Crippen LogP) is 6.68. The number of benzene rings is 2. The predicted molar refractivity (Wildman–Crippen MR) is 97.1 cm³/mol. The molecule has 0 unspecified atom stereocenters. The molecule has 0 saturated heterocycles. The highest BCUT2D eigenvalue weighted by molar-refractivity contribution is 9.11. The van der Waals surface area contributed by atoms with Gasteiger partial charge in [0.05, 0.1) is 0 Å². The third-order valence-electron chi connectivity index (χ3n) is 2.49. The lowest BCUT2D eigenvalue weighted by atomic mass is 10.1. The summed E-state index contributed by atoms with van der Waals surface area (Å²) in [5.74, 6) is 0. The van der Waals surface area contributed by atoms with E-state index in [0.717, 1.165) is 26.6 Å². The van der Waals surface area contributed by atoms with Crippen LogP contribution in [0.2, 0.25) is 0 Å². The molecule has 2 aromatic rings. The van der Waals surface area contributed by atoms with Crippen LogP contribution in [0.5, 0.6) is 0 Å². The van der Waals surface area contributed by atoms with Crippen LogP contribution in [0.1, 0.15) is 13.8 Å². The molecule has 20 heavy (non-hydrogen) atoms. The Kier molecular flexibility index (Phi) is 8.69. The van der Waals surface area contributed by atoms with Gasteiger partial charge in [0.1, 0.15) is 0 Å². The molecule has 0 saturated carbocycles. The second kappa shape index (κ2) is 9.72. The van der Waals surface area contributed by atoms with Crippen LogP contribution in [0.25, 0.3) is 11.1 Å². The summed E-state index contributed by atoms with van der Waals surface area (Å²) in [6, 6.07) is 14.5. The summed E-state index contributed by atoms with van der Waals surface area (Å²) in [5.41, 5.74) is 2.41. The van der Waals surface area contributed by atoms with Crippen molar-refractivity contribution < 1.29 is 4.74 Å². The van der Waals surface area contributed by atoms with E-state index in [2.05, 4.69) is 72.1 Å². The maximum Gasteiger partial charge on any atom is 0.0437 e. The van der Waals surface area contributed by atoms with E-state index in [4.69, 9.17) is 4.74 Å². The topological polar surface area (TPSA) is 9.23 Å². The van der Waals surface area contributed by atoms with E-state index < -0.39 is 0 Å². The molecular formula is C16H17Br3O. The summed E-state index contributed by atoms with van der Waals surface area (Å²) in [6.45, 7) is 5.67. The van der Waals surface area contributed by atoms with E-state index in [-0.39, 0.29) is 0 Å². The van der Waals surface area contributed by atoms with Gasteiger partial charge in [0.25, 0.3) is 0 Å². The second-order valence-corrected chi connectivity index (χ2v) is 6.60. The SMILES string of the molecule is Brc1ccc(-c2ccc(Br)cc2Br)cc1.CCOCC. The molecule has 0 amide bonds. The molecule has 2 aromatic carbocycles. The summed E-state index contributed by atoms with van der Waals surface area (Å²) < 4.78 is 8.11. The van der Waals surface area contributed by atoms with Gasteiger partial charge in [-0.05, 0) is 49.2 Å². The van der Waals surface area contributed by atoms with Gasteiger partial charge in [0.15, 0.2) is 0 Å². The molecule has 0 aromatic heterocycles. The zero-order chi connectivity index (χ0) is 15.0. The van der Waals surface area contributed by atoms with E-state index >= 15 is 0 Å². The van der Waals surface area contributed by atoms with Crippen molar-refractivity contribution in [3.63, 3.8) is 0 Å². The maximum absolute atomic E-state index is 4.83. The highest BCUT2D eigenvalue weighted by atomic mass is 79.9. The van der Waals surface area contributed by atoms with Crippen LogP contribution < -0.4 is 0 Å². The van der Waals surface area contributed by atoms with Crippen LogP contribution in [-0.4, -0.2) is 13.2 Å². The monoisotopic (exact) mass is 462 g/mol. The fourth-order valence-corrected chi connectivity index (χ4v) is 3.10. The Hall–Kier alpha value is -0.160. The van der Waals surface area contributed by atoms with Gasteiger partial charge >= 0.3 is 0 Å². The number of rotatable bonds is 3. The molecule has 1 nitrogen and oxygen atoms in total. The van der Waals surface area contributed by atoms with Crippen LogP contribution in [0, 0.1) is 0 Å². The largest absolute Gasteiger partial charge is 0.382 e. The smallest absolute Gasteiger partial charge is 0.0437 e. The van der Waals surface area contributed by atoms with Gasteiger partial charge in [0.2, 0.25) is 0 Å². The maximum atomic E-state index is 4.83. The van der Waals surface area contributed by atoms with Gasteiger partial charge in [-0.1, -0.05) is 66.0 Å². The fraction of sp³-hybridized carbons (Fsp3) is 0.250. The van der Waals surface area contributed by atoms with Crippen LogP contribution in [0.15, 0.2) is 55.9 Å². The van der Waals surface area contributed by atoms with Crippen molar-refractivity contribution >= 4 is 47.8 Å². The third-order valence-corrected chi connectivity index (χ3v) is 4.17. The van der Waals surface area contributed by atoms with E-state index in [0.29, 0.717) is 0 Å². The van der Waals surface area contributed by atoms with Crippen molar-refractivity contribution in [2.75, 3.05) is 13.2 Å². The Bertz CT molecular complexity index is 522. The molecule has 0 heterocycles. The molecule has 0 atom stereocenters. The molecule has 0 radical (unpaired) electrons. The van der Waals surface area contributed by atoms with E-state index in [1.54, 1.807) is 0 Å². The summed E-state index contributed by atoms with van der Waals surface area (Å²) in [6.07, 6.45) is 0. The summed E-state index contributed by atoms with van der Waals surface area (Å²) in [7, 11) is 0. The van der Waals surface area contributed by atoms with Gasteiger partial charge in [-0.2, -0.15) is 0 Å². The average molecular weight is 465 g/mol. The van der Waals surface area contributed by atoms with Crippen molar-refractivity contribution in [2.24, 2.45) is 0 Å². The molecule has 0 spiro atoms. The number of hydrogen-bond donors (Lipinski definition) is 0. The van der Waals surface area contributed by atoms with Gasteiger partial charge in [-0.3, -0.25) is 0 Å². The molecular weight excluding hydrogens is 448 g/mol. The van der Waals surface area contributed by atoms with Gasteiger partial charge in [0, 0.05) is 26.6 Å². The fourth-order valence-electron chi connectivity index (χ4n) is 1.56. The van der Waals surface area contributed by atoms with Gasteiger partial charge in [-0.15, -0.1) is 0 Å². The highest BCUT2D eigenvalue weighted by Gasteiger charge is 2.02. The van der Waals surface area contributed by atoms with E-state index in [1.165, 1.54) is 11.1 Å². The van der Waals surface area contributed by atoms with Crippen molar-refractivity contribution in [3.05, 3.63) is 55.9 Å². The molecule has 0 aliphatic heterocycles. The molecule has 2 rings (SSSR count). The molecule has 4 heteroatoms. The lowest BCUT2D eigenvalue weighted by Gasteiger charge is -2.05. The standard InChI is InChI=1S/C12H7Br3.C4H10O/c13-9-3-1-8(2-4-9)11-6-5-10(14)7-12(11)15;1-3-5-4-2/h1-7H;3-4H2,1-2H3. The van der Waals surface area contributed by atoms with Crippen LogP contribution >= 0.6 is 47.8 Å². The van der Waals surface area contributed by atoms with Crippen LogP contribution in [0.4, 0.5) is 0 Å². The second-order valence-electron chi connectivity index (χ2n) is 3.91. The van der Waals surface area contributed by atoms with E-state index in [9.17, 15) is 0 Å². The normalized spacial score (nSPS) is 9.85. The first-order chi connectivity index (χ1) is 9.58. The molecule has 0 fully saturated rings. The molecule has 0 aliphatic rings. The summed E-state index contributed by atoms with van der Waals surface area (Å²) >= 11 is 10.4. The lowest BCUT2D eigenvalue weighted by Crippen LogP contribution is -1.84. The van der Waals surface area contributed by atoms with Crippen molar-refractivity contribution in [2.45, 2.75) is 13.8 Å². The Labute approximate surface area is 146 Å². The zero-order valence-corrected chi connectivity index (χ0v) is 16.3. The Morgan fingerprint density at radius 2 is 1.35 bits per heavy atom. The summed E-state index contributed by atoms with van der Waals surface area (Å²) in [5, 5.41) is 0. The van der Waals surface area contributed by atoms with Crippen LogP contribution in [-0.2, 0) is 4.74 Å². The molecule has 0 N–H and O–H groups in total. The quantitative estimate of drug-likeness (QED) is 0.492. The highest BCUT2D eigenvalue weighted by Crippen LogP contribution is 2.31. The molecule has 108 valence electrons. The van der Waals surface area contributed by atoms with Crippen molar-refractivity contribution in [3.8, 4) is 11.1 Å². The molecule has 0 aliphatic carbocycles. The van der Waals surface area contributed by atoms with Gasteiger partial charge < -0.3 is 4.74 Å². The van der Waals surface area contributed by atoms with E-state index in [1.807, 2.05) is 32.0 Å².